The first-order chi connectivity index (χ1) is 7.54. The van der Waals surface area contributed by atoms with Crippen LogP contribution in [0.25, 0.3) is 0 Å². The van der Waals surface area contributed by atoms with Crippen molar-refractivity contribution in [3.05, 3.63) is 27.1 Å². The monoisotopic (exact) mass is 349 g/mol. The van der Waals surface area contributed by atoms with Gasteiger partial charge in [-0.3, -0.25) is 0 Å². The van der Waals surface area contributed by atoms with Crippen molar-refractivity contribution >= 4 is 43.5 Å². The molecule has 88 valence electrons. The lowest BCUT2D eigenvalue weighted by molar-refractivity contribution is -0.138. The van der Waals surface area contributed by atoms with Crippen molar-refractivity contribution in [1.29, 1.82) is 0 Å². The predicted molar refractivity (Wildman–Crippen MR) is 71.8 cm³/mol. The molecule has 0 aromatic heterocycles. The van der Waals surface area contributed by atoms with E-state index in [1.165, 1.54) is 0 Å². The Morgan fingerprint density at radius 1 is 1.50 bits per heavy atom. The molecule has 1 rings (SSSR count). The number of halogens is 2. The lowest BCUT2D eigenvalue weighted by Gasteiger charge is -2.16. The van der Waals surface area contributed by atoms with Crippen LogP contribution in [0.15, 0.2) is 27.1 Å². The molecule has 0 amide bonds. The van der Waals surface area contributed by atoms with Gasteiger partial charge in [0.2, 0.25) is 0 Å². The van der Waals surface area contributed by atoms with E-state index in [1.54, 1.807) is 0 Å². The maximum Gasteiger partial charge on any atom is 0.326 e. The van der Waals surface area contributed by atoms with Crippen molar-refractivity contribution in [3.63, 3.8) is 0 Å². The van der Waals surface area contributed by atoms with E-state index < -0.39 is 12.0 Å². The minimum Gasteiger partial charge on any atom is -0.480 e. The Kier molecular flexibility index (Phi) is 5.28. The minimum atomic E-state index is -0.823. The van der Waals surface area contributed by atoms with E-state index >= 15 is 0 Å². The third-order valence-corrected chi connectivity index (χ3v) is 3.29. The average molecular weight is 351 g/mol. The number of carboxylic acids is 1. The van der Waals surface area contributed by atoms with Crippen molar-refractivity contribution in [2.45, 2.75) is 25.8 Å². The van der Waals surface area contributed by atoms with E-state index in [1.807, 2.05) is 25.1 Å². The minimum absolute atomic E-state index is 0.539. The Morgan fingerprint density at radius 2 is 2.19 bits per heavy atom. The molecule has 0 aliphatic heterocycles. The summed E-state index contributed by atoms with van der Waals surface area (Å²) in [7, 11) is 0. The summed E-state index contributed by atoms with van der Waals surface area (Å²) in [6.07, 6.45) is 1.44. The van der Waals surface area contributed by atoms with Crippen LogP contribution in [0.5, 0.6) is 0 Å². The second kappa shape index (κ2) is 6.25. The maximum absolute atomic E-state index is 11.0. The van der Waals surface area contributed by atoms with Gasteiger partial charge < -0.3 is 10.4 Å². The summed E-state index contributed by atoms with van der Waals surface area (Å²) in [6.45, 7) is 1.97. The molecule has 0 aliphatic carbocycles. The highest BCUT2D eigenvalue weighted by Gasteiger charge is 2.16. The molecule has 5 heteroatoms. The van der Waals surface area contributed by atoms with E-state index in [9.17, 15) is 4.79 Å². The molecule has 3 nitrogen and oxygen atoms in total. The van der Waals surface area contributed by atoms with E-state index in [0.717, 1.165) is 21.1 Å². The van der Waals surface area contributed by atoms with Crippen LogP contribution in [0.4, 0.5) is 5.69 Å². The van der Waals surface area contributed by atoms with E-state index in [4.69, 9.17) is 5.11 Å². The zero-order valence-electron chi connectivity index (χ0n) is 8.84. The number of nitrogens with one attached hydrogen (secondary N) is 1. The van der Waals surface area contributed by atoms with Crippen LogP contribution in [-0.2, 0) is 4.79 Å². The van der Waals surface area contributed by atoms with Crippen LogP contribution >= 0.6 is 31.9 Å². The van der Waals surface area contributed by atoms with Gasteiger partial charge in [0.15, 0.2) is 0 Å². The fraction of sp³-hybridized carbons (Fsp3) is 0.364. The quantitative estimate of drug-likeness (QED) is 0.847. The Labute approximate surface area is 111 Å². The molecule has 1 unspecified atom stereocenters. The van der Waals surface area contributed by atoms with Gasteiger partial charge in [0, 0.05) is 14.6 Å². The van der Waals surface area contributed by atoms with Crippen molar-refractivity contribution < 1.29 is 9.90 Å². The Hall–Kier alpha value is -0.550. The standard InChI is InChI=1S/C11H13Br2NO2/c1-2-3-10(11(15)16)14-9-5-4-7(12)6-8(9)13/h4-6,10,14H,2-3H2,1H3,(H,15,16). The molecule has 0 bridgehead atoms. The molecule has 0 radical (unpaired) electrons. The van der Waals surface area contributed by atoms with Crippen LogP contribution in [0.1, 0.15) is 19.8 Å². The number of rotatable bonds is 5. The summed E-state index contributed by atoms with van der Waals surface area (Å²) in [5.41, 5.74) is 0.795. The molecule has 0 saturated heterocycles. The average Bonchev–Trinajstić information content (AvgIpc) is 2.20. The van der Waals surface area contributed by atoms with Gasteiger partial charge in [-0.2, -0.15) is 0 Å². The fourth-order valence-corrected chi connectivity index (χ4v) is 2.50. The van der Waals surface area contributed by atoms with E-state index in [-0.39, 0.29) is 0 Å². The van der Waals surface area contributed by atoms with E-state index in [0.29, 0.717) is 6.42 Å². The van der Waals surface area contributed by atoms with Gasteiger partial charge in [-0.25, -0.2) is 4.79 Å². The number of anilines is 1. The van der Waals surface area contributed by atoms with Crippen molar-refractivity contribution in [2.75, 3.05) is 5.32 Å². The third kappa shape index (κ3) is 3.79. The molecule has 2 N–H and O–H groups in total. The first kappa shape index (κ1) is 13.5. The maximum atomic E-state index is 11.0. The molecule has 0 saturated carbocycles. The van der Waals surface area contributed by atoms with E-state index in [2.05, 4.69) is 37.2 Å². The number of carbonyl (C=O) groups is 1. The summed E-state index contributed by atoms with van der Waals surface area (Å²) in [5, 5.41) is 12.0. The Morgan fingerprint density at radius 3 is 2.69 bits per heavy atom. The molecule has 1 aromatic rings. The topological polar surface area (TPSA) is 49.3 Å². The molecule has 0 heterocycles. The highest BCUT2D eigenvalue weighted by atomic mass is 79.9. The lowest BCUT2D eigenvalue weighted by atomic mass is 10.1. The zero-order chi connectivity index (χ0) is 12.1. The van der Waals surface area contributed by atoms with Gasteiger partial charge in [-0.1, -0.05) is 29.3 Å². The molecule has 0 aliphatic rings. The summed E-state index contributed by atoms with van der Waals surface area (Å²) < 4.78 is 1.80. The van der Waals surface area contributed by atoms with Crippen molar-refractivity contribution in [2.24, 2.45) is 0 Å². The van der Waals surface area contributed by atoms with Gasteiger partial charge in [0.1, 0.15) is 6.04 Å². The number of hydrogen-bond donors (Lipinski definition) is 2. The fourth-order valence-electron chi connectivity index (χ4n) is 1.34. The largest absolute Gasteiger partial charge is 0.480 e. The zero-order valence-corrected chi connectivity index (χ0v) is 12.0. The summed E-state index contributed by atoms with van der Waals surface area (Å²) in [6, 6.07) is 5.06. The predicted octanol–water partition coefficient (Wildman–Crippen LogP) is 3.88. The number of benzene rings is 1. The summed E-state index contributed by atoms with van der Waals surface area (Å²) in [4.78, 5) is 11.0. The Bertz CT molecular complexity index is 382. The second-order valence-corrected chi connectivity index (χ2v) is 5.22. The van der Waals surface area contributed by atoms with Crippen LogP contribution in [-0.4, -0.2) is 17.1 Å². The normalized spacial score (nSPS) is 12.2. The highest BCUT2D eigenvalue weighted by molar-refractivity contribution is 9.11. The third-order valence-electron chi connectivity index (χ3n) is 2.14. The summed E-state index contributed by atoms with van der Waals surface area (Å²) in [5.74, 6) is -0.823. The lowest BCUT2D eigenvalue weighted by Crippen LogP contribution is -2.29. The molecule has 1 atom stereocenters. The molecule has 16 heavy (non-hydrogen) atoms. The molecular weight excluding hydrogens is 338 g/mol. The van der Waals surface area contributed by atoms with Gasteiger partial charge >= 0.3 is 5.97 Å². The van der Waals surface area contributed by atoms with Crippen molar-refractivity contribution in [3.8, 4) is 0 Å². The van der Waals surface area contributed by atoms with Crippen LogP contribution < -0.4 is 5.32 Å². The smallest absolute Gasteiger partial charge is 0.326 e. The summed E-state index contributed by atoms with van der Waals surface area (Å²) >= 11 is 6.74. The SMILES string of the molecule is CCCC(Nc1ccc(Br)cc1Br)C(=O)O. The molecule has 1 aromatic carbocycles. The van der Waals surface area contributed by atoms with Gasteiger partial charge in [-0.15, -0.1) is 0 Å². The first-order valence-corrected chi connectivity index (χ1v) is 6.57. The number of aliphatic carboxylic acids is 1. The molecule has 0 fully saturated rings. The second-order valence-electron chi connectivity index (χ2n) is 3.45. The first-order valence-electron chi connectivity index (χ1n) is 4.99. The molecular formula is C11H13Br2NO2. The van der Waals surface area contributed by atoms with Gasteiger partial charge in [0.25, 0.3) is 0 Å². The van der Waals surface area contributed by atoms with Crippen LogP contribution in [0.2, 0.25) is 0 Å². The Balaban J connectivity index is 2.81. The number of carboxylic acid groups (broad SMARTS) is 1. The van der Waals surface area contributed by atoms with Crippen LogP contribution in [0.3, 0.4) is 0 Å². The van der Waals surface area contributed by atoms with Gasteiger partial charge in [0.05, 0.1) is 0 Å². The number of hydrogen-bond acceptors (Lipinski definition) is 2. The van der Waals surface area contributed by atoms with Crippen molar-refractivity contribution in [1.82, 2.24) is 0 Å². The highest BCUT2D eigenvalue weighted by Crippen LogP contribution is 2.27. The van der Waals surface area contributed by atoms with Crippen LogP contribution in [0, 0.1) is 0 Å². The van der Waals surface area contributed by atoms with Gasteiger partial charge in [-0.05, 0) is 40.5 Å². The molecule has 0 spiro atoms.